The zero-order valence-electron chi connectivity index (χ0n) is 8.40. The monoisotopic (exact) mass is 288 g/mol. The molecule has 0 fully saturated rings. The number of halogens is 1. The molecule has 1 aromatic carbocycles. The maximum atomic E-state index is 11.4. The van der Waals surface area contributed by atoms with Gasteiger partial charge in [0.25, 0.3) is 5.69 Å². The van der Waals surface area contributed by atoms with Crippen LogP contribution in [0.2, 0.25) is 0 Å². The van der Waals surface area contributed by atoms with Crippen molar-refractivity contribution in [1.82, 2.24) is 0 Å². The van der Waals surface area contributed by atoms with Crippen LogP contribution in [0.5, 0.6) is 0 Å². The Balaban J connectivity index is 3.21. The lowest BCUT2D eigenvalue weighted by atomic mass is 10.1. The van der Waals surface area contributed by atoms with Crippen LogP contribution in [-0.4, -0.2) is 17.5 Å². The first kappa shape index (κ1) is 12.4. The maximum absolute atomic E-state index is 11.4. The van der Waals surface area contributed by atoms with Crippen LogP contribution in [0.1, 0.15) is 17.3 Å². The van der Waals surface area contributed by atoms with E-state index in [1.807, 2.05) is 0 Å². The molecule has 0 bridgehead atoms. The zero-order valence-corrected chi connectivity index (χ0v) is 9.98. The molecule has 2 N–H and O–H groups in total. The summed E-state index contributed by atoms with van der Waals surface area (Å²) in [6, 6.07) is 2.48. The van der Waals surface area contributed by atoms with E-state index in [2.05, 4.69) is 15.9 Å². The number of hydrogen-bond donors (Lipinski definition) is 1. The Bertz CT molecular complexity index is 447. The van der Waals surface area contributed by atoms with Gasteiger partial charge in [-0.3, -0.25) is 10.1 Å². The summed E-state index contributed by atoms with van der Waals surface area (Å²) in [5.41, 5.74) is 5.53. The highest BCUT2D eigenvalue weighted by molar-refractivity contribution is 9.10. The molecule has 1 aromatic rings. The first-order valence-corrected chi connectivity index (χ1v) is 5.17. The molecule has 86 valence electrons. The van der Waals surface area contributed by atoms with Gasteiger partial charge in [0.1, 0.15) is 4.47 Å². The van der Waals surface area contributed by atoms with Crippen LogP contribution in [0.15, 0.2) is 16.6 Å². The molecule has 0 spiro atoms. The molecule has 0 amide bonds. The van der Waals surface area contributed by atoms with E-state index in [0.717, 1.165) is 0 Å². The minimum Gasteiger partial charge on any atom is -0.462 e. The first-order chi connectivity index (χ1) is 7.49. The number of nitrogen functional groups attached to an aromatic ring is 1. The molecule has 0 aliphatic heterocycles. The van der Waals surface area contributed by atoms with Crippen molar-refractivity contribution in [3.05, 3.63) is 32.3 Å². The lowest BCUT2D eigenvalue weighted by molar-refractivity contribution is -0.385. The van der Waals surface area contributed by atoms with Crippen LogP contribution < -0.4 is 5.73 Å². The quantitative estimate of drug-likeness (QED) is 0.398. The SMILES string of the molecule is CCOC(=O)c1ccc([N+](=O)[O-])c(Br)c1N. The maximum Gasteiger partial charge on any atom is 0.340 e. The fourth-order valence-electron chi connectivity index (χ4n) is 1.11. The molecule has 0 heterocycles. The van der Waals surface area contributed by atoms with Crippen molar-refractivity contribution in [2.24, 2.45) is 0 Å². The largest absolute Gasteiger partial charge is 0.462 e. The average molecular weight is 289 g/mol. The van der Waals surface area contributed by atoms with Crippen LogP contribution >= 0.6 is 15.9 Å². The number of hydrogen-bond acceptors (Lipinski definition) is 5. The van der Waals surface area contributed by atoms with E-state index in [1.165, 1.54) is 12.1 Å². The Kier molecular flexibility index (Phi) is 3.83. The average Bonchev–Trinajstić information content (AvgIpc) is 2.21. The molecule has 0 aliphatic rings. The van der Waals surface area contributed by atoms with Gasteiger partial charge in [0.05, 0.1) is 22.8 Å². The number of ether oxygens (including phenoxy) is 1. The van der Waals surface area contributed by atoms with E-state index in [1.54, 1.807) is 6.92 Å². The van der Waals surface area contributed by atoms with Crippen LogP contribution in [0.4, 0.5) is 11.4 Å². The van der Waals surface area contributed by atoms with Gasteiger partial charge in [-0.25, -0.2) is 4.79 Å². The van der Waals surface area contributed by atoms with E-state index >= 15 is 0 Å². The molecular formula is C9H9BrN2O4. The van der Waals surface area contributed by atoms with Gasteiger partial charge in [-0.1, -0.05) is 0 Å². The van der Waals surface area contributed by atoms with Gasteiger partial charge in [0.2, 0.25) is 0 Å². The van der Waals surface area contributed by atoms with Crippen LogP contribution in [-0.2, 0) is 4.74 Å². The van der Waals surface area contributed by atoms with E-state index in [0.29, 0.717) is 0 Å². The molecule has 0 saturated heterocycles. The highest BCUT2D eigenvalue weighted by atomic mass is 79.9. The fourth-order valence-corrected chi connectivity index (χ4v) is 1.60. The van der Waals surface area contributed by atoms with Crippen molar-refractivity contribution in [2.45, 2.75) is 6.92 Å². The number of nitro benzene ring substituents is 1. The highest BCUT2D eigenvalue weighted by Gasteiger charge is 2.20. The molecule has 0 aromatic heterocycles. The third kappa shape index (κ3) is 2.30. The summed E-state index contributed by atoms with van der Waals surface area (Å²) >= 11 is 2.98. The number of carbonyl (C=O) groups excluding carboxylic acids is 1. The number of nitrogens with two attached hydrogens (primary N) is 1. The van der Waals surface area contributed by atoms with Gasteiger partial charge in [-0.2, -0.15) is 0 Å². The van der Waals surface area contributed by atoms with Crippen molar-refractivity contribution in [1.29, 1.82) is 0 Å². The van der Waals surface area contributed by atoms with Crippen molar-refractivity contribution in [3.63, 3.8) is 0 Å². The molecule has 0 aliphatic carbocycles. The zero-order chi connectivity index (χ0) is 12.3. The van der Waals surface area contributed by atoms with Crippen molar-refractivity contribution < 1.29 is 14.5 Å². The minimum absolute atomic E-state index is 0.00708. The van der Waals surface area contributed by atoms with Crippen molar-refractivity contribution in [3.8, 4) is 0 Å². The Morgan fingerprint density at radius 1 is 1.62 bits per heavy atom. The first-order valence-electron chi connectivity index (χ1n) is 4.38. The van der Waals surface area contributed by atoms with E-state index in [4.69, 9.17) is 10.5 Å². The second kappa shape index (κ2) is 4.93. The smallest absolute Gasteiger partial charge is 0.340 e. The molecule has 7 heteroatoms. The molecule has 1 rings (SSSR count). The van der Waals surface area contributed by atoms with Gasteiger partial charge in [0.15, 0.2) is 0 Å². The summed E-state index contributed by atoms with van der Waals surface area (Å²) < 4.78 is 4.84. The molecule has 0 saturated carbocycles. The van der Waals surface area contributed by atoms with Crippen molar-refractivity contribution in [2.75, 3.05) is 12.3 Å². The minimum atomic E-state index is -0.601. The summed E-state index contributed by atoms with van der Waals surface area (Å²) in [6.45, 7) is 1.88. The normalized spacial score (nSPS) is 9.88. The number of anilines is 1. The van der Waals surface area contributed by atoms with E-state index in [-0.39, 0.29) is 28.0 Å². The predicted molar refractivity (Wildman–Crippen MR) is 61.2 cm³/mol. The Morgan fingerprint density at radius 2 is 2.25 bits per heavy atom. The molecule has 0 radical (unpaired) electrons. The van der Waals surface area contributed by atoms with Gasteiger partial charge >= 0.3 is 5.97 Å². The second-order valence-corrected chi connectivity index (χ2v) is 3.63. The summed E-state index contributed by atoms with van der Waals surface area (Å²) in [5, 5.41) is 10.6. The molecule has 6 nitrogen and oxygen atoms in total. The lowest BCUT2D eigenvalue weighted by Crippen LogP contribution is -2.09. The van der Waals surface area contributed by atoms with Gasteiger partial charge in [0, 0.05) is 6.07 Å². The Morgan fingerprint density at radius 3 is 2.75 bits per heavy atom. The van der Waals surface area contributed by atoms with Crippen LogP contribution in [0, 0.1) is 10.1 Å². The van der Waals surface area contributed by atoms with E-state index < -0.39 is 10.9 Å². The fraction of sp³-hybridized carbons (Fsp3) is 0.222. The van der Waals surface area contributed by atoms with Crippen LogP contribution in [0.25, 0.3) is 0 Å². The topological polar surface area (TPSA) is 95.5 Å². The number of esters is 1. The van der Waals surface area contributed by atoms with E-state index in [9.17, 15) is 14.9 Å². The molecule has 16 heavy (non-hydrogen) atoms. The number of nitro groups is 1. The summed E-state index contributed by atoms with van der Waals surface area (Å²) in [7, 11) is 0. The number of carbonyl (C=O) groups is 1. The van der Waals surface area contributed by atoms with Gasteiger partial charge in [-0.15, -0.1) is 0 Å². The number of benzene rings is 1. The summed E-state index contributed by atoms with van der Waals surface area (Å²) in [6.07, 6.45) is 0. The highest BCUT2D eigenvalue weighted by Crippen LogP contribution is 2.33. The number of rotatable bonds is 3. The summed E-state index contributed by atoms with van der Waals surface area (Å²) in [4.78, 5) is 21.4. The Labute approximate surface area is 99.7 Å². The molecule has 0 atom stereocenters. The molecular weight excluding hydrogens is 280 g/mol. The third-order valence-corrected chi connectivity index (χ3v) is 2.68. The summed E-state index contributed by atoms with van der Waals surface area (Å²) in [5.74, 6) is -0.601. The van der Waals surface area contributed by atoms with Gasteiger partial charge < -0.3 is 10.5 Å². The van der Waals surface area contributed by atoms with Crippen LogP contribution in [0.3, 0.4) is 0 Å². The number of nitrogens with zero attached hydrogens (tertiary/aromatic N) is 1. The van der Waals surface area contributed by atoms with Crippen molar-refractivity contribution >= 4 is 33.3 Å². The second-order valence-electron chi connectivity index (χ2n) is 2.84. The molecule has 0 unspecified atom stereocenters. The predicted octanol–water partition coefficient (Wildman–Crippen LogP) is 2.12. The lowest BCUT2D eigenvalue weighted by Gasteiger charge is -2.06. The van der Waals surface area contributed by atoms with Gasteiger partial charge in [-0.05, 0) is 28.9 Å². The standard InChI is InChI=1S/C9H9BrN2O4/c1-2-16-9(13)5-3-4-6(12(14)15)7(10)8(5)11/h3-4H,2,11H2,1H3. The Hall–Kier alpha value is -1.63. The third-order valence-electron chi connectivity index (χ3n) is 1.85.